The highest BCUT2D eigenvalue weighted by molar-refractivity contribution is 9.10. The lowest BCUT2D eigenvalue weighted by Gasteiger charge is -2.09. The fourth-order valence-corrected chi connectivity index (χ4v) is 2.85. The molecule has 0 amide bonds. The van der Waals surface area contributed by atoms with Gasteiger partial charge in [0.15, 0.2) is 11.5 Å². The van der Waals surface area contributed by atoms with Gasteiger partial charge in [-0.2, -0.15) is 0 Å². The molecule has 0 N–H and O–H groups in total. The quantitative estimate of drug-likeness (QED) is 0.578. The Kier molecular flexibility index (Phi) is 4.63. The van der Waals surface area contributed by atoms with E-state index in [1.807, 2.05) is 42.6 Å². The van der Waals surface area contributed by atoms with Crippen molar-refractivity contribution < 1.29 is 9.47 Å². The Labute approximate surface area is 143 Å². The standard InChI is InChI=1S/C19H16BrNO2/c1-22-18-10-14(16(20)11-19(18)23-2)12-21-17-9-5-7-13-6-3-4-8-15(13)17/h3-12H,1-2H3. The molecule has 0 unspecified atom stereocenters. The molecule has 0 aromatic heterocycles. The summed E-state index contributed by atoms with van der Waals surface area (Å²) < 4.78 is 11.5. The molecule has 0 atom stereocenters. The van der Waals surface area contributed by atoms with Crippen LogP contribution < -0.4 is 9.47 Å². The van der Waals surface area contributed by atoms with Crippen LogP contribution in [0.3, 0.4) is 0 Å². The predicted molar refractivity (Wildman–Crippen MR) is 98.4 cm³/mol. The lowest BCUT2D eigenvalue weighted by molar-refractivity contribution is 0.354. The Morgan fingerprint density at radius 2 is 1.61 bits per heavy atom. The van der Waals surface area contributed by atoms with Gasteiger partial charge >= 0.3 is 0 Å². The zero-order valence-corrected chi connectivity index (χ0v) is 14.5. The summed E-state index contributed by atoms with van der Waals surface area (Å²) in [6.45, 7) is 0. The van der Waals surface area contributed by atoms with E-state index in [0.29, 0.717) is 11.5 Å². The minimum Gasteiger partial charge on any atom is -0.493 e. The summed E-state index contributed by atoms with van der Waals surface area (Å²) in [6, 6.07) is 18.1. The highest BCUT2D eigenvalue weighted by Crippen LogP contribution is 2.33. The van der Waals surface area contributed by atoms with Crippen molar-refractivity contribution in [2.45, 2.75) is 0 Å². The molecule has 3 aromatic rings. The predicted octanol–water partition coefficient (Wildman–Crippen LogP) is 5.37. The Hall–Kier alpha value is -2.33. The van der Waals surface area contributed by atoms with Crippen molar-refractivity contribution in [3.8, 4) is 11.5 Å². The molecule has 0 spiro atoms. The first-order valence-electron chi connectivity index (χ1n) is 7.16. The van der Waals surface area contributed by atoms with Crippen molar-refractivity contribution in [1.29, 1.82) is 0 Å². The van der Waals surface area contributed by atoms with Crippen molar-refractivity contribution >= 4 is 38.6 Å². The van der Waals surface area contributed by atoms with E-state index in [9.17, 15) is 0 Å². The molecule has 0 fully saturated rings. The van der Waals surface area contributed by atoms with Gasteiger partial charge in [0.2, 0.25) is 0 Å². The van der Waals surface area contributed by atoms with Gasteiger partial charge in [0.05, 0.1) is 19.9 Å². The highest BCUT2D eigenvalue weighted by Gasteiger charge is 2.08. The average molecular weight is 370 g/mol. The number of nitrogens with zero attached hydrogens (tertiary/aromatic N) is 1. The smallest absolute Gasteiger partial charge is 0.161 e. The number of benzene rings is 3. The van der Waals surface area contributed by atoms with Crippen LogP contribution in [-0.4, -0.2) is 20.4 Å². The SMILES string of the molecule is COc1cc(Br)c(C=Nc2cccc3ccccc23)cc1OC. The average Bonchev–Trinajstić information content (AvgIpc) is 2.60. The Bertz CT molecular complexity index is 869. The number of ether oxygens (including phenoxy) is 2. The maximum Gasteiger partial charge on any atom is 0.161 e. The number of aliphatic imine (C=N–C) groups is 1. The first kappa shape index (κ1) is 15.6. The van der Waals surface area contributed by atoms with Crippen LogP contribution >= 0.6 is 15.9 Å². The topological polar surface area (TPSA) is 30.8 Å². The zero-order valence-electron chi connectivity index (χ0n) is 12.9. The van der Waals surface area contributed by atoms with Gasteiger partial charge in [-0.15, -0.1) is 0 Å². The first-order chi connectivity index (χ1) is 11.2. The Morgan fingerprint density at radius 3 is 2.39 bits per heavy atom. The van der Waals surface area contributed by atoms with Gasteiger partial charge in [-0.3, -0.25) is 4.99 Å². The van der Waals surface area contributed by atoms with Crippen molar-refractivity contribution in [2.75, 3.05) is 14.2 Å². The van der Waals surface area contributed by atoms with E-state index in [4.69, 9.17) is 9.47 Å². The molecule has 3 aromatic carbocycles. The minimum absolute atomic E-state index is 0.676. The largest absolute Gasteiger partial charge is 0.493 e. The van der Waals surface area contributed by atoms with Crippen LogP contribution in [0.25, 0.3) is 10.8 Å². The van der Waals surface area contributed by atoms with Gasteiger partial charge in [0, 0.05) is 21.6 Å². The number of halogens is 1. The molecular formula is C19H16BrNO2. The van der Waals surface area contributed by atoms with Crippen molar-refractivity contribution in [3.05, 3.63) is 64.6 Å². The van der Waals surface area contributed by atoms with E-state index < -0.39 is 0 Å². The fraction of sp³-hybridized carbons (Fsp3) is 0.105. The second-order valence-electron chi connectivity index (χ2n) is 4.99. The molecular weight excluding hydrogens is 354 g/mol. The molecule has 0 radical (unpaired) electrons. The van der Waals surface area contributed by atoms with Gasteiger partial charge < -0.3 is 9.47 Å². The summed E-state index contributed by atoms with van der Waals surface area (Å²) in [7, 11) is 3.24. The molecule has 4 heteroatoms. The van der Waals surface area contributed by atoms with Crippen LogP contribution in [0.15, 0.2) is 64.1 Å². The second-order valence-corrected chi connectivity index (χ2v) is 5.84. The molecule has 0 bridgehead atoms. The maximum absolute atomic E-state index is 5.35. The first-order valence-corrected chi connectivity index (χ1v) is 7.95. The van der Waals surface area contributed by atoms with Crippen LogP contribution in [0.5, 0.6) is 11.5 Å². The van der Waals surface area contributed by atoms with Gasteiger partial charge in [-0.1, -0.05) is 36.4 Å². The summed E-state index contributed by atoms with van der Waals surface area (Å²) >= 11 is 3.55. The third-order valence-electron chi connectivity index (χ3n) is 3.61. The molecule has 3 rings (SSSR count). The monoisotopic (exact) mass is 369 g/mol. The van der Waals surface area contributed by atoms with E-state index in [1.54, 1.807) is 14.2 Å². The fourth-order valence-electron chi connectivity index (χ4n) is 2.43. The lowest BCUT2D eigenvalue weighted by atomic mass is 10.1. The molecule has 0 aliphatic rings. The summed E-state index contributed by atoms with van der Waals surface area (Å²) in [4.78, 5) is 4.64. The lowest BCUT2D eigenvalue weighted by Crippen LogP contribution is -1.93. The number of hydrogen-bond acceptors (Lipinski definition) is 3. The van der Waals surface area contributed by atoms with Crippen LogP contribution in [0, 0.1) is 0 Å². The normalized spacial score (nSPS) is 11.1. The maximum atomic E-state index is 5.35. The summed E-state index contributed by atoms with van der Waals surface area (Å²) in [6.07, 6.45) is 1.83. The summed E-state index contributed by atoms with van der Waals surface area (Å²) in [5, 5.41) is 2.30. The third-order valence-corrected chi connectivity index (χ3v) is 4.30. The third kappa shape index (κ3) is 3.22. The van der Waals surface area contributed by atoms with Gasteiger partial charge in [0.1, 0.15) is 0 Å². The van der Waals surface area contributed by atoms with Crippen molar-refractivity contribution in [1.82, 2.24) is 0 Å². The van der Waals surface area contributed by atoms with Gasteiger partial charge in [-0.25, -0.2) is 0 Å². The molecule has 3 nitrogen and oxygen atoms in total. The zero-order chi connectivity index (χ0) is 16.2. The van der Waals surface area contributed by atoms with E-state index in [-0.39, 0.29) is 0 Å². The van der Waals surface area contributed by atoms with E-state index in [1.165, 1.54) is 5.39 Å². The Morgan fingerprint density at radius 1 is 0.913 bits per heavy atom. The number of fused-ring (bicyclic) bond motifs is 1. The molecule has 116 valence electrons. The van der Waals surface area contributed by atoms with E-state index >= 15 is 0 Å². The molecule has 0 heterocycles. The van der Waals surface area contributed by atoms with Gasteiger partial charge in [-0.05, 0) is 39.5 Å². The summed E-state index contributed by atoms with van der Waals surface area (Å²) in [5.74, 6) is 1.36. The molecule has 0 saturated carbocycles. The minimum atomic E-state index is 0.676. The number of hydrogen-bond donors (Lipinski definition) is 0. The Balaban J connectivity index is 2.02. The van der Waals surface area contributed by atoms with Gasteiger partial charge in [0.25, 0.3) is 0 Å². The number of methoxy groups -OCH3 is 2. The van der Waals surface area contributed by atoms with Crippen molar-refractivity contribution in [2.24, 2.45) is 4.99 Å². The van der Waals surface area contributed by atoms with E-state index in [0.717, 1.165) is 21.1 Å². The molecule has 0 aliphatic heterocycles. The number of rotatable bonds is 4. The second kappa shape index (κ2) is 6.84. The summed E-state index contributed by atoms with van der Waals surface area (Å²) in [5.41, 5.74) is 1.86. The van der Waals surface area contributed by atoms with Crippen molar-refractivity contribution in [3.63, 3.8) is 0 Å². The molecule has 0 saturated heterocycles. The van der Waals surface area contributed by atoms with Crippen LogP contribution in [-0.2, 0) is 0 Å². The van der Waals surface area contributed by atoms with Crippen LogP contribution in [0.2, 0.25) is 0 Å². The van der Waals surface area contributed by atoms with Crippen LogP contribution in [0.4, 0.5) is 5.69 Å². The van der Waals surface area contributed by atoms with E-state index in [2.05, 4.69) is 39.1 Å². The molecule has 23 heavy (non-hydrogen) atoms. The van der Waals surface area contributed by atoms with Crippen LogP contribution in [0.1, 0.15) is 5.56 Å². The molecule has 0 aliphatic carbocycles. The highest BCUT2D eigenvalue weighted by atomic mass is 79.9.